The maximum absolute atomic E-state index is 12.0. The maximum atomic E-state index is 12.0. The quantitative estimate of drug-likeness (QED) is 0.650. The molecule has 3 aromatic rings. The molecule has 3 rings (SSSR count). The summed E-state index contributed by atoms with van der Waals surface area (Å²) >= 11 is 6.36. The number of nitrogens with one attached hydrogen (secondary N) is 1. The first kappa shape index (κ1) is 19.0. The summed E-state index contributed by atoms with van der Waals surface area (Å²) in [4.78, 5) is 16.6. The minimum absolute atomic E-state index is 0.0400. The van der Waals surface area contributed by atoms with Gasteiger partial charge in [0.15, 0.2) is 11.5 Å². The SMILES string of the molecule is COc1cccc(-c2cc(C)c3cc(NC(=O)C(C)C)c(Cl)cc3n2)c1O. The number of aromatic nitrogens is 1. The molecule has 0 fully saturated rings. The van der Waals surface area contributed by atoms with Crippen LogP contribution in [0, 0.1) is 12.8 Å². The molecule has 0 radical (unpaired) electrons. The van der Waals surface area contributed by atoms with Crippen molar-refractivity contribution < 1.29 is 14.6 Å². The van der Waals surface area contributed by atoms with Crippen LogP contribution in [0.1, 0.15) is 19.4 Å². The Balaban J connectivity index is 2.12. The van der Waals surface area contributed by atoms with Gasteiger partial charge in [-0.1, -0.05) is 31.5 Å². The number of phenolic OH excluding ortho intramolecular Hbond substituents is 1. The first-order chi connectivity index (χ1) is 12.8. The van der Waals surface area contributed by atoms with Crippen LogP contribution in [-0.4, -0.2) is 23.1 Å². The lowest BCUT2D eigenvalue weighted by Crippen LogP contribution is -2.18. The number of aromatic hydroxyl groups is 1. The van der Waals surface area contributed by atoms with E-state index in [1.165, 1.54) is 7.11 Å². The number of nitrogens with zero attached hydrogens (tertiary/aromatic N) is 1. The van der Waals surface area contributed by atoms with Crippen molar-refractivity contribution >= 4 is 34.1 Å². The average Bonchev–Trinajstić information content (AvgIpc) is 2.62. The Morgan fingerprint density at radius 1 is 1.26 bits per heavy atom. The van der Waals surface area contributed by atoms with Gasteiger partial charge in [0.05, 0.1) is 29.0 Å². The van der Waals surface area contributed by atoms with E-state index in [2.05, 4.69) is 10.3 Å². The highest BCUT2D eigenvalue weighted by atomic mass is 35.5. The number of ether oxygens (including phenoxy) is 1. The molecule has 140 valence electrons. The zero-order valence-electron chi connectivity index (χ0n) is 15.6. The number of methoxy groups -OCH3 is 1. The predicted octanol–water partition coefficient (Wildman–Crippen LogP) is 5.17. The lowest BCUT2D eigenvalue weighted by molar-refractivity contribution is -0.118. The number of para-hydroxylation sites is 1. The van der Waals surface area contributed by atoms with Crippen molar-refractivity contribution in [2.24, 2.45) is 5.92 Å². The van der Waals surface area contributed by atoms with Crippen molar-refractivity contribution in [1.29, 1.82) is 0 Å². The lowest BCUT2D eigenvalue weighted by Gasteiger charge is -2.13. The van der Waals surface area contributed by atoms with Crippen LogP contribution in [0.15, 0.2) is 36.4 Å². The minimum atomic E-state index is -0.144. The molecule has 0 aliphatic carbocycles. The average molecular weight is 385 g/mol. The molecule has 0 saturated heterocycles. The number of phenols is 1. The number of rotatable bonds is 4. The predicted molar refractivity (Wildman–Crippen MR) is 109 cm³/mol. The molecule has 0 aliphatic rings. The number of halogens is 1. The van der Waals surface area contributed by atoms with Crippen LogP contribution in [0.5, 0.6) is 11.5 Å². The van der Waals surface area contributed by atoms with Crippen LogP contribution < -0.4 is 10.1 Å². The van der Waals surface area contributed by atoms with E-state index < -0.39 is 0 Å². The van der Waals surface area contributed by atoms with E-state index in [-0.39, 0.29) is 17.6 Å². The van der Waals surface area contributed by atoms with E-state index in [1.54, 1.807) is 24.3 Å². The van der Waals surface area contributed by atoms with Crippen LogP contribution >= 0.6 is 11.6 Å². The Morgan fingerprint density at radius 3 is 2.67 bits per heavy atom. The zero-order chi connectivity index (χ0) is 19.7. The first-order valence-corrected chi connectivity index (χ1v) is 8.97. The number of hydrogen-bond acceptors (Lipinski definition) is 4. The molecule has 0 bridgehead atoms. The second-order valence-corrected chi connectivity index (χ2v) is 7.08. The molecule has 0 atom stereocenters. The van der Waals surface area contributed by atoms with Gasteiger partial charge < -0.3 is 15.2 Å². The molecule has 6 heteroatoms. The van der Waals surface area contributed by atoms with E-state index in [1.807, 2.05) is 32.9 Å². The molecule has 27 heavy (non-hydrogen) atoms. The highest BCUT2D eigenvalue weighted by Crippen LogP contribution is 2.38. The molecule has 0 aliphatic heterocycles. The fraction of sp³-hybridized carbons (Fsp3) is 0.238. The van der Waals surface area contributed by atoms with Crippen molar-refractivity contribution in [3.05, 3.63) is 47.0 Å². The van der Waals surface area contributed by atoms with Gasteiger partial charge in [0.1, 0.15) is 0 Å². The summed E-state index contributed by atoms with van der Waals surface area (Å²) in [6.45, 7) is 5.60. The summed E-state index contributed by atoms with van der Waals surface area (Å²) in [6, 6.07) is 10.7. The Morgan fingerprint density at radius 2 is 2.00 bits per heavy atom. The highest BCUT2D eigenvalue weighted by Gasteiger charge is 2.15. The van der Waals surface area contributed by atoms with Gasteiger partial charge in [-0.2, -0.15) is 0 Å². The van der Waals surface area contributed by atoms with Crippen LogP contribution in [0.25, 0.3) is 22.2 Å². The van der Waals surface area contributed by atoms with Gasteiger partial charge in [0.25, 0.3) is 0 Å². The van der Waals surface area contributed by atoms with Crippen molar-refractivity contribution in [2.45, 2.75) is 20.8 Å². The minimum Gasteiger partial charge on any atom is -0.504 e. The second-order valence-electron chi connectivity index (χ2n) is 6.67. The van der Waals surface area contributed by atoms with E-state index in [0.717, 1.165) is 10.9 Å². The third-order valence-electron chi connectivity index (χ3n) is 4.38. The second kappa shape index (κ2) is 7.45. The number of hydrogen-bond donors (Lipinski definition) is 2. The first-order valence-electron chi connectivity index (χ1n) is 8.60. The third-order valence-corrected chi connectivity index (χ3v) is 4.69. The summed E-state index contributed by atoms with van der Waals surface area (Å²) in [5.41, 5.74) is 3.39. The van der Waals surface area contributed by atoms with Crippen molar-refractivity contribution in [3.63, 3.8) is 0 Å². The van der Waals surface area contributed by atoms with Gasteiger partial charge in [-0.05, 0) is 42.8 Å². The zero-order valence-corrected chi connectivity index (χ0v) is 16.4. The van der Waals surface area contributed by atoms with E-state index in [4.69, 9.17) is 16.3 Å². The van der Waals surface area contributed by atoms with Crippen molar-refractivity contribution in [1.82, 2.24) is 4.98 Å². The molecular formula is C21H21ClN2O3. The Hall–Kier alpha value is -2.79. The molecular weight excluding hydrogens is 364 g/mol. The number of carbonyl (C=O) groups is 1. The van der Waals surface area contributed by atoms with Crippen molar-refractivity contribution in [2.75, 3.05) is 12.4 Å². The fourth-order valence-electron chi connectivity index (χ4n) is 2.82. The van der Waals surface area contributed by atoms with Gasteiger partial charge in [0.2, 0.25) is 5.91 Å². The van der Waals surface area contributed by atoms with Gasteiger partial charge in [-0.25, -0.2) is 4.98 Å². The lowest BCUT2D eigenvalue weighted by atomic mass is 10.0. The Labute approximate surface area is 163 Å². The maximum Gasteiger partial charge on any atom is 0.226 e. The van der Waals surface area contributed by atoms with Crippen LogP contribution in [-0.2, 0) is 4.79 Å². The number of aryl methyl sites for hydroxylation is 1. The summed E-state index contributed by atoms with van der Waals surface area (Å²) in [7, 11) is 1.50. The fourth-order valence-corrected chi connectivity index (χ4v) is 3.03. The summed E-state index contributed by atoms with van der Waals surface area (Å²) in [5.74, 6) is 0.184. The smallest absolute Gasteiger partial charge is 0.226 e. The summed E-state index contributed by atoms with van der Waals surface area (Å²) in [6.07, 6.45) is 0. The molecule has 0 spiro atoms. The normalized spacial score (nSPS) is 11.0. The molecule has 5 nitrogen and oxygen atoms in total. The van der Waals surface area contributed by atoms with Gasteiger partial charge in [-0.3, -0.25) is 4.79 Å². The third kappa shape index (κ3) is 3.69. The van der Waals surface area contributed by atoms with Gasteiger partial charge in [0, 0.05) is 16.9 Å². The number of carbonyl (C=O) groups excluding carboxylic acids is 1. The van der Waals surface area contributed by atoms with Gasteiger partial charge >= 0.3 is 0 Å². The van der Waals surface area contributed by atoms with E-state index in [0.29, 0.717) is 33.2 Å². The van der Waals surface area contributed by atoms with Crippen LogP contribution in [0.2, 0.25) is 5.02 Å². The van der Waals surface area contributed by atoms with Crippen molar-refractivity contribution in [3.8, 4) is 22.8 Å². The highest BCUT2D eigenvalue weighted by molar-refractivity contribution is 6.34. The van der Waals surface area contributed by atoms with Crippen LogP contribution in [0.4, 0.5) is 5.69 Å². The Bertz CT molecular complexity index is 1030. The standard InChI is InChI=1S/C21H21ClN2O3/c1-11(2)21(26)24-18-9-14-12(3)8-16(23-17(14)10-15(18)22)13-6-5-7-19(27-4)20(13)25/h5-11,25H,1-4H3,(H,24,26). The number of pyridine rings is 1. The van der Waals surface area contributed by atoms with Crippen LogP contribution in [0.3, 0.4) is 0 Å². The molecule has 2 aromatic carbocycles. The number of benzene rings is 2. The topological polar surface area (TPSA) is 71.5 Å². The number of amides is 1. The number of anilines is 1. The monoisotopic (exact) mass is 384 g/mol. The Kier molecular flexibility index (Phi) is 5.24. The largest absolute Gasteiger partial charge is 0.504 e. The molecule has 0 saturated carbocycles. The summed E-state index contributed by atoms with van der Waals surface area (Å²) in [5, 5.41) is 14.6. The van der Waals surface area contributed by atoms with E-state index >= 15 is 0 Å². The molecule has 0 unspecified atom stereocenters. The number of fused-ring (bicyclic) bond motifs is 1. The summed E-state index contributed by atoms with van der Waals surface area (Å²) < 4.78 is 5.18. The van der Waals surface area contributed by atoms with Gasteiger partial charge in [-0.15, -0.1) is 0 Å². The molecule has 1 amide bonds. The molecule has 1 aromatic heterocycles. The molecule has 1 heterocycles. The van der Waals surface area contributed by atoms with E-state index in [9.17, 15) is 9.90 Å². The molecule has 2 N–H and O–H groups in total.